The molecule has 3 aliphatic rings. The van der Waals surface area contributed by atoms with Crippen LogP contribution in [0, 0.1) is 17.8 Å². The second-order valence-corrected chi connectivity index (χ2v) is 5.28. The van der Waals surface area contributed by atoms with Gasteiger partial charge in [-0.25, -0.2) is 0 Å². The molecule has 0 saturated heterocycles. The van der Waals surface area contributed by atoms with Crippen molar-refractivity contribution in [2.24, 2.45) is 22.7 Å². The Labute approximate surface area is 103 Å². The fourth-order valence-electron chi connectivity index (χ4n) is 2.65. The van der Waals surface area contributed by atoms with Gasteiger partial charge in [-0.15, -0.1) is 12.4 Å². The number of hydrogen-bond acceptors (Lipinski definition) is 3. The van der Waals surface area contributed by atoms with E-state index in [0.717, 1.165) is 30.6 Å². The molecule has 0 aromatic heterocycles. The van der Waals surface area contributed by atoms with Crippen molar-refractivity contribution in [1.82, 2.24) is 5.32 Å². The van der Waals surface area contributed by atoms with Crippen LogP contribution in [0.2, 0.25) is 0 Å². The number of halogens is 1. The molecule has 0 spiro atoms. The van der Waals surface area contributed by atoms with E-state index in [-0.39, 0.29) is 19.0 Å². The van der Waals surface area contributed by atoms with Gasteiger partial charge in [-0.05, 0) is 43.9 Å². The first-order chi connectivity index (χ1) is 7.38. The van der Waals surface area contributed by atoms with E-state index in [1.165, 1.54) is 25.7 Å². The standard InChI is InChI=1S/C12H20N2O.ClH/c15-7-10-5-6-13-12(10)14-11(8-1-2-8)9-3-4-9;/h8-11,15H,1-7H2,(H,13,14);1H. The first-order valence-corrected chi connectivity index (χ1v) is 6.30. The molecule has 2 fully saturated rings. The van der Waals surface area contributed by atoms with Crippen molar-refractivity contribution in [2.75, 3.05) is 13.2 Å². The quantitative estimate of drug-likeness (QED) is 0.789. The lowest BCUT2D eigenvalue weighted by molar-refractivity contribution is 0.258. The molecule has 0 aromatic rings. The van der Waals surface area contributed by atoms with Crippen LogP contribution >= 0.6 is 12.4 Å². The Morgan fingerprint density at radius 2 is 1.81 bits per heavy atom. The zero-order chi connectivity index (χ0) is 10.3. The van der Waals surface area contributed by atoms with Gasteiger partial charge in [0.2, 0.25) is 0 Å². The first kappa shape index (κ1) is 12.2. The molecule has 92 valence electrons. The highest BCUT2D eigenvalue weighted by molar-refractivity contribution is 5.86. The second kappa shape index (κ2) is 4.92. The predicted octanol–water partition coefficient (Wildman–Crippen LogP) is 1.60. The molecule has 3 rings (SSSR count). The van der Waals surface area contributed by atoms with Crippen molar-refractivity contribution in [3.8, 4) is 0 Å². The van der Waals surface area contributed by atoms with Crippen molar-refractivity contribution >= 4 is 18.2 Å². The molecule has 2 N–H and O–H groups in total. The lowest BCUT2D eigenvalue weighted by Gasteiger charge is -2.21. The van der Waals surface area contributed by atoms with E-state index >= 15 is 0 Å². The molecule has 4 heteroatoms. The molecule has 16 heavy (non-hydrogen) atoms. The molecule has 1 atom stereocenters. The fraction of sp³-hybridized carbons (Fsp3) is 0.917. The van der Waals surface area contributed by atoms with Gasteiger partial charge >= 0.3 is 0 Å². The molecule has 0 bridgehead atoms. The van der Waals surface area contributed by atoms with Crippen LogP contribution in [0.1, 0.15) is 32.1 Å². The van der Waals surface area contributed by atoms with E-state index in [9.17, 15) is 5.11 Å². The minimum atomic E-state index is 0. The van der Waals surface area contributed by atoms with Crippen molar-refractivity contribution in [3.63, 3.8) is 0 Å². The summed E-state index contributed by atoms with van der Waals surface area (Å²) in [6.07, 6.45) is 6.60. The summed E-state index contributed by atoms with van der Waals surface area (Å²) in [4.78, 5) is 4.49. The summed E-state index contributed by atoms with van der Waals surface area (Å²) in [7, 11) is 0. The molecule has 2 saturated carbocycles. The number of aliphatic hydroxyl groups is 1. The molecule has 1 heterocycles. The van der Waals surface area contributed by atoms with Gasteiger partial charge in [0.1, 0.15) is 5.84 Å². The maximum atomic E-state index is 9.24. The molecule has 1 unspecified atom stereocenters. The average molecular weight is 245 g/mol. The van der Waals surface area contributed by atoms with E-state index in [2.05, 4.69) is 10.3 Å². The van der Waals surface area contributed by atoms with Gasteiger partial charge < -0.3 is 10.4 Å². The highest BCUT2D eigenvalue weighted by Crippen LogP contribution is 2.44. The third-order valence-electron chi connectivity index (χ3n) is 3.94. The summed E-state index contributed by atoms with van der Waals surface area (Å²) >= 11 is 0. The van der Waals surface area contributed by atoms with Gasteiger partial charge in [0.15, 0.2) is 0 Å². The van der Waals surface area contributed by atoms with Gasteiger partial charge in [0.25, 0.3) is 0 Å². The number of hydrogen-bond donors (Lipinski definition) is 2. The molecular weight excluding hydrogens is 224 g/mol. The van der Waals surface area contributed by atoms with Crippen molar-refractivity contribution in [3.05, 3.63) is 0 Å². The molecule has 1 aliphatic heterocycles. The summed E-state index contributed by atoms with van der Waals surface area (Å²) in [5.74, 6) is 3.20. The van der Waals surface area contributed by atoms with Crippen LogP contribution in [-0.2, 0) is 0 Å². The summed E-state index contributed by atoms with van der Waals surface area (Å²) < 4.78 is 0. The van der Waals surface area contributed by atoms with E-state index < -0.39 is 0 Å². The molecule has 0 amide bonds. The van der Waals surface area contributed by atoms with Gasteiger partial charge in [0, 0.05) is 18.5 Å². The first-order valence-electron chi connectivity index (χ1n) is 6.30. The van der Waals surface area contributed by atoms with Crippen LogP contribution in [0.15, 0.2) is 4.99 Å². The topological polar surface area (TPSA) is 44.6 Å². The summed E-state index contributed by atoms with van der Waals surface area (Å²) in [5, 5.41) is 12.9. The van der Waals surface area contributed by atoms with Gasteiger partial charge in [-0.2, -0.15) is 0 Å². The summed E-state index contributed by atoms with van der Waals surface area (Å²) in [6.45, 7) is 1.16. The molecule has 0 radical (unpaired) electrons. The van der Waals surface area contributed by atoms with Crippen LogP contribution in [0.5, 0.6) is 0 Å². The highest BCUT2D eigenvalue weighted by atomic mass is 35.5. The Kier molecular flexibility index (Phi) is 3.75. The highest BCUT2D eigenvalue weighted by Gasteiger charge is 2.42. The van der Waals surface area contributed by atoms with E-state index in [1.54, 1.807) is 0 Å². The van der Waals surface area contributed by atoms with Gasteiger partial charge in [-0.1, -0.05) is 0 Å². The van der Waals surface area contributed by atoms with E-state index in [4.69, 9.17) is 0 Å². The normalized spacial score (nSPS) is 28.9. The average Bonchev–Trinajstić information content (AvgIpc) is 3.14. The maximum Gasteiger partial charge on any atom is 0.102 e. The largest absolute Gasteiger partial charge is 0.396 e. The lowest BCUT2D eigenvalue weighted by atomic mass is 10.0. The summed E-state index contributed by atoms with van der Waals surface area (Å²) in [5.41, 5.74) is 0. The van der Waals surface area contributed by atoms with Crippen LogP contribution in [-0.4, -0.2) is 30.1 Å². The Morgan fingerprint density at radius 1 is 1.19 bits per heavy atom. The number of aliphatic hydroxyl groups excluding tert-OH is 1. The number of nitrogens with zero attached hydrogens (tertiary/aromatic N) is 1. The third-order valence-corrected chi connectivity index (χ3v) is 3.94. The third kappa shape index (κ3) is 2.51. The lowest BCUT2D eigenvalue weighted by Crippen LogP contribution is -2.41. The number of nitrogens with one attached hydrogen (secondary N) is 1. The van der Waals surface area contributed by atoms with Crippen molar-refractivity contribution < 1.29 is 5.11 Å². The Balaban J connectivity index is 0.000000963. The molecule has 3 nitrogen and oxygen atoms in total. The predicted molar refractivity (Wildman–Crippen MR) is 67.1 cm³/mol. The minimum Gasteiger partial charge on any atom is -0.396 e. The zero-order valence-corrected chi connectivity index (χ0v) is 10.4. The maximum absolute atomic E-state index is 9.24. The molecule has 2 aliphatic carbocycles. The summed E-state index contributed by atoms with van der Waals surface area (Å²) in [6, 6.07) is 0.677. The Hall–Kier alpha value is -0.280. The van der Waals surface area contributed by atoms with Gasteiger partial charge in [0.05, 0.1) is 6.61 Å². The Bertz CT molecular complexity index is 262. The zero-order valence-electron chi connectivity index (χ0n) is 9.56. The van der Waals surface area contributed by atoms with E-state index in [0.29, 0.717) is 12.0 Å². The van der Waals surface area contributed by atoms with Crippen LogP contribution in [0.25, 0.3) is 0 Å². The smallest absolute Gasteiger partial charge is 0.102 e. The van der Waals surface area contributed by atoms with Crippen LogP contribution in [0.3, 0.4) is 0 Å². The van der Waals surface area contributed by atoms with Crippen LogP contribution in [0.4, 0.5) is 0 Å². The van der Waals surface area contributed by atoms with Gasteiger partial charge in [-0.3, -0.25) is 4.99 Å². The molecular formula is C12H21ClN2O. The second-order valence-electron chi connectivity index (χ2n) is 5.28. The van der Waals surface area contributed by atoms with E-state index in [1.807, 2.05) is 0 Å². The number of amidine groups is 1. The monoisotopic (exact) mass is 244 g/mol. The number of rotatable bonds is 4. The van der Waals surface area contributed by atoms with Crippen molar-refractivity contribution in [1.29, 1.82) is 0 Å². The van der Waals surface area contributed by atoms with Crippen LogP contribution < -0.4 is 5.32 Å². The minimum absolute atomic E-state index is 0. The molecule has 0 aromatic carbocycles. The fourth-order valence-corrected chi connectivity index (χ4v) is 2.65. The Morgan fingerprint density at radius 3 is 2.31 bits per heavy atom. The number of aliphatic imine (C=N–C) groups is 1. The SMILES string of the molecule is Cl.OCC1CCN=C1NC(C1CC1)C1CC1. The van der Waals surface area contributed by atoms with Crippen molar-refractivity contribution in [2.45, 2.75) is 38.1 Å².